The summed E-state index contributed by atoms with van der Waals surface area (Å²) < 4.78 is 0. The van der Waals surface area contributed by atoms with Crippen molar-refractivity contribution in [3.8, 4) is 11.4 Å². The van der Waals surface area contributed by atoms with Crippen LogP contribution in [0.2, 0.25) is 0 Å². The number of nitrogens with one attached hydrogen (secondary N) is 2. The molecule has 6 heteroatoms. The molecule has 0 unspecified atom stereocenters. The predicted octanol–water partition coefficient (Wildman–Crippen LogP) is 2.36. The largest absolute Gasteiger partial charge is 0.396 e. The molecule has 24 heavy (non-hydrogen) atoms. The summed E-state index contributed by atoms with van der Waals surface area (Å²) in [6.07, 6.45) is 6.84. The van der Waals surface area contributed by atoms with Gasteiger partial charge in [-0.2, -0.15) is 0 Å². The van der Waals surface area contributed by atoms with Gasteiger partial charge in [0, 0.05) is 36.7 Å². The van der Waals surface area contributed by atoms with Crippen molar-refractivity contribution in [1.82, 2.24) is 15.0 Å². The fraction of sp³-hybridized carbons (Fsp3) is 0.500. The Hall–Kier alpha value is -2.21. The van der Waals surface area contributed by atoms with Crippen LogP contribution in [-0.2, 0) is 6.42 Å². The van der Waals surface area contributed by atoms with Gasteiger partial charge in [-0.15, -0.1) is 0 Å². The fourth-order valence-electron chi connectivity index (χ4n) is 3.17. The maximum Gasteiger partial charge on any atom is 0.251 e. The summed E-state index contributed by atoms with van der Waals surface area (Å²) in [6, 6.07) is 5.33. The lowest BCUT2D eigenvalue weighted by Gasteiger charge is -2.42. The van der Waals surface area contributed by atoms with E-state index in [0.717, 1.165) is 49.3 Å². The molecule has 0 aliphatic heterocycles. The number of aromatic amines is 1. The van der Waals surface area contributed by atoms with Gasteiger partial charge in [0.25, 0.3) is 5.56 Å². The number of hydrogen-bond acceptors (Lipinski definition) is 5. The van der Waals surface area contributed by atoms with Crippen LogP contribution >= 0.6 is 0 Å². The highest BCUT2D eigenvalue weighted by molar-refractivity contribution is 5.55. The van der Waals surface area contributed by atoms with E-state index < -0.39 is 0 Å². The van der Waals surface area contributed by atoms with Crippen molar-refractivity contribution in [2.24, 2.45) is 5.41 Å². The van der Waals surface area contributed by atoms with E-state index in [0.29, 0.717) is 5.82 Å². The molecular weight excluding hydrogens is 304 g/mol. The number of H-pyrrole nitrogens is 1. The molecule has 0 aromatic carbocycles. The molecule has 0 bridgehead atoms. The minimum Gasteiger partial charge on any atom is -0.396 e. The van der Waals surface area contributed by atoms with Gasteiger partial charge in [0.15, 0.2) is 0 Å². The Bertz CT molecular complexity index is 735. The van der Waals surface area contributed by atoms with Crippen LogP contribution in [0.4, 0.5) is 5.82 Å². The van der Waals surface area contributed by atoms with E-state index in [-0.39, 0.29) is 17.6 Å². The average Bonchev–Trinajstić information content (AvgIpc) is 2.57. The number of aliphatic hydroxyl groups is 1. The molecule has 1 aliphatic carbocycles. The summed E-state index contributed by atoms with van der Waals surface area (Å²) in [5.41, 5.74) is 1.64. The molecule has 6 nitrogen and oxygen atoms in total. The first-order valence-electron chi connectivity index (χ1n) is 8.55. The monoisotopic (exact) mass is 328 g/mol. The van der Waals surface area contributed by atoms with E-state index in [4.69, 9.17) is 0 Å². The molecule has 2 aromatic heterocycles. The minimum absolute atomic E-state index is 0.144. The third-order valence-corrected chi connectivity index (χ3v) is 4.89. The molecule has 0 amide bonds. The van der Waals surface area contributed by atoms with Crippen molar-refractivity contribution in [2.75, 3.05) is 18.5 Å². The fourth-order valence-corrected chi connectivity index (χ4v) is 3.17. The quantitative estimate of drug-likeness (QED) is 0.726. The van der Waals surface area contributed by atoms with Gasteiger partial charge in [-0.1, -0.05) is 13.3 Å². The summed E-state index contributed by atoms with van der Waals surface area (Å²) in [7, 11) is 0. The molecule has 0 saturated heterocycles. The molecule has 3 rings (SSSR count). The van der Waals surface area contributed by atoms with Gasteiger partial charge in [-0.25, -0.2) is 9.97 Å². The van der Waals surface area contributed by atoms with E-state index in [2.05, 4.69) is 20.3 Å². The number of aromatic nitrogens is 3. The number of rotatable bonds is 7. The summed E-state index contributed by atoms with van der Waals surface area (Å²) in [4.78, 5) is 23.3. The summed E-state index contributed by atoms with van der Waals surface area (Å²) in [5, 5.41) is 12.6. The molecule has 1 saturated carbocycles. The lowest BCUT2D eigenvalue weighted by atomic mass is 9.67. The SMILES string of the molecule is CCc1cc(=O)[nH]c(-c2ccc(NCC3(CCO)CCC3)nc2)n1. The summed E-state index contributed by atoms with van der Waals surface area (Å²) in [5.74, 6) is 1.35. The van der Waals surface area contributed by atoms with Crippen molar-refractivity contribution < 1.29 is 5.11 Å². The topological polar surface area (TPSA) is 90.9 Å². The van der Waals surface area contributed by atoms with E-state index in [9.17, 15) is 9.90 Å². The number of hydrogen-bond donors (Lipinski definition) is 3. The third kappa shape index (κ3) is 3.64. The Morgan fingerprint density at radius 2 is 2.21 bits per heavy atom. The van der Waals surface area contributed by atoms with E-state index in [1.807, 2.05) is 19.1 Å². The smallest absolute Gasteiger partial charge is 0.251 e. The van der Waals surface area contributed by atoms with Crippen molar-refractivity contribution in [2.45, 2.75) is 39.0 Å². The number of anilines is 1. The number of aryl methyl sites for hydroxylation is 1. The van der Waals surface area contributed by atoms with Crippen LogP contribution in [0.25, 0.3) is 11.4 Å². The highest BCUT2D eigenvalue weighted by Crippen LogP contribution is 2.43. The highest BCUT2D eigenvalue weighted by atomic mass is 16.3. The van der Waals surface area contributed by atoms with Crippen LogP contribution in [0.5, 0.6) is 0 Å². The zero-order chi connectivity index (χ0) is 17.0. The van der Waals surface area contributed by atoms with Crippen molar-refractivity contribution in [3.63, 3.8) is 0 Å². The molecule has 128 valence electrons. The Kier molecular flexibility index (Phi) is 4.94. The Morgan fingerprint density at radius 1 is 1.38 bits per heavy atom. The van der Waals surface area contributed by atoms with Crippen molar-refractivity contribution in [3.05, 3.63) is 40.4 Å². The van der Waals surface area contributed by atoms with E-state index >= 15 is 0 Å². The van der Waals surface area contributed by atoms with E-state index in [1.165, 1.54) is 12.5 Å². The lowest BCUT2D eigenvalue weighted by Crippen LogP contribution is -2.37. The van der Waals surface area contributed by atoms with Crippen LogP contribution in [0.1, 0.15) is 38.3 Å². The Morgan fingerprint density at radius 3 is 2.79 bits per heavy atom. The first-order valence-corrected chi connectivity index (χ1v) is 8.55. The second-order valence-electron chi connectivity index (χ2n) is 6.55. The van der Waals surface area contributed by atoms with Crippen LogP contribution in [-0.4, -0.2) is 33.2 Å². The number of nitrogens with zero attached hydrogens (tertiary/aromatic N) is 2. The van der Waals surface area contributed by atoms with Crippen molar-refractivity contribution in [1.29, 1.82) is 0 Å². The first-order chi connectivity index (χ1) is 11.6. The van der Waals surface area contributed by atoms with Gasteiger partial charge in [0.2, 0.25) is 0 Å². The maximum absolute atomic E-state index is 11.7. The standard InChI is InChI=1S/C18H24N4O2/c1-2-14-10-16(24)22-17(21-14)13-4-5-15(19-11-13)20-12-18(8-9-23)6-3-7-18/h4-5,10-11,23H,2-3,6-9,12H2,1H3,(H,19,20)(H,21,22,24). The molecule has 0 atom stereocenters. The zero-order valence-electron chi connectivity index (χ0n) is 14.0. The Labute approximate surface area is 141 Å². The molecule has 0 radical (unpaired) electrons. The van der Waals surface area contributed by atoms with Gasteiger partial charge >= 0.3 is 0 Å². The molecule has 2 aromatic rings. The first kappa shape index (κ1) is 16.6. The van der Waals surface area contributed by atoms with Crippen LogP contribution in [0.15, 0.2) is 29.2 Å². The maximum atomic E-state index is 11.7. The minimum atomic E-state index is -0.144. The molecule has 1 aliphatic rings. The summed E-state index contributed by atoms with van der Waals surface area (Å²) in [6.45, 7) is 3.04. The molecular formula is C18H24N4O2. The van der Waals surface area contributed by atoms with E-state index in [1.54, 1.807) is 6.20 Å². The van der Waals surface area contributed by atoms with Crippen LogP contribution in [0, 0.1) is 5.41 Å². The van der Waals surface area contributed by atoms with Gasteiger partial charge in [0.1, 0.15) is 11.6 Å². The highest BCUT2D eigenvalue weighted by Gasteiger charge is 2.36. The molecule has 3 N–H and O–H groups in total. The molecule has 0 spiro atoms. The average molecular weight is 328 g/mol. The Balaban J connectivity index is 1.69. The predicted molar refractivity (Wildman–Crippen MR) is 93.9 cm³/mol. The third-order valence-electron chi connectivity index (χ3n) is 4.89. The van der Waals surface area contributed by atoms with Gasteiger partial charge in [-0.05, 0) is 43.2 Å². The van der Waals surface area contributed by atoms with Gasteiger partial charge < -0.3 is 15.4 Å². The van der Waals surface area contributed by atoms with Crippen LogP contribution in [0.3, 0.4) is 0 Å². The molecule has 1 fully saturated rings. The van der Waals surface area contributed by atoms with Gasteiger partial charge in [0.05, 0.1) is 0 Å². The van der Waals surface area contributed by atoms with Crippen molar-refractivity contribution >= 4 is 5.82 Å². The second-order valence-corrected chi connectivity index (χ2v) is 6.55. The normalized spacial score (nSPS) is 15.8. The van der Waals surface area contributed by atoms with Crippen LogP contribution < -0.4 is 10.9 Å². The zero-order valence-corrected chi connectivity index (χ0v) is 14.0. The van der Waals surface area contributed by atoms with Gasteiger partial charge in [-0.3, -0.25) is 4.79 Å². The second kappa shape index (κ2) is 7.13. The number of aliphatic hydroxyl groups excluding tert-OH is 1. The molecule has 2 heterocycles. The lowest BCUT2D eigenvalue weighted by molar-refractivity contribution is 0.102. The summed E-state index contributed by atoms with van der Waals surface area (Å²) >= 11 is 0. The number of pyridine rings is 1.